The summed E-state index contributed by atoms with van der Waals surface area (Å²) in [6, 6.07) is 0. The van der Waals surface area contributed by atoms with Crippen molar-refractivity contribution in [2.75, 3.05) is 0 Å². The van der Waals surface area contributed by atoms with Crippen molar-refractivity contribution in [3.05, 3.63) is 12.2 Å². The lowest BCUT2D eigenvalue weighted by Crippen LogP contribution is -2.44. The van der Waals surface area contributed by atoms with Gasteiger partial charge >= 0.3 is 0 Å². The Labute approximate surface area is 98.7 Å². The molecule has 0 radical (unpaired) electrons. The zero-order chi connectivity index (χ0) is 12.1. The molecule has 5 atom stereocenters. The molecule has 0 aromatic heterocycles. The van der Waals surface area contributed by atoms with Crippen molar-refractivity contribution in [1.82, 2.24) is 0 Å². The molecule has 1 saturated carbocycles. The predicted molar refractivity (Wildman–Crippen MR) is 65.2 cm³/mol. The largest absolute Gasteiger partial charge is 0.389 e. The van der Waals surface area contributed by atoms with Gasteiger partial charge in [-0.25, -0.2) is 0 Å². The van der Waals surface area contributed by atoms with Gasteiger partial charge in [-0.3, -0.25) is 0 Å². The van der Waals surface area contributed by atoms with Crippen LogP contribution in [0, 0.1) is 17.3 Å². The van der Waals surface area contributed by atoms with Crippen LogP contribution >= 0.6 is 0 Å². The van der Waals surface area contributed by atoms with Gasteiger partial charge in [0.2, 0.25) is 0 Å². The number of aliphatic hydroxyl groups is 1. The van der Waals surface area contributed by atoms with Crippen molar-refractivity contribution in [3.8, 4) is 0 Å². The van der Waals surface area contributed by atoms with Crippen molar-refractivity contribution in [1.29, 1.82) is 0 Å². The average molecular weight is 224 g/mol. The lowest BCUT2D eigenvalue weighted by Gasteiger charge is -2.43. The molecule has 2 heteroatoms. The van der Waals surface area contributed by atoms with Crippen LogP contribution < -0.4 is 0 Å². The Kier molecular flexibility index (Phi) is 2.71. The Morgan fingerprint density at radius 3 is 2.56 bits per heavy atom. The predicted octanol–water partition coefficient (Wildman–Crippen LogP) is 2.76. The second-order valence-corrected chi connectivity index (χ2v) is 6.35. The van der Waals surface area contributed by atoms with Crippen molar-refractivity contribution in [2.45, 2.75) is 58.8 Å². The van der Waals surface area contributed by atoms with E-state index in [1.54, 1.807) is 6.92 Å². The first-order valence-electron chi connectivity index (χ1n) is 6.32. The lowest BCUT2D eigenvalue weighted by atomic mass is 9.59. The normalized spacial score (nSPS) is 47.8. The highest BCUT2D eigenvalue weighted by Crippen LogP contribution is 2.60. The standard InChI is InChI=1S/C14H24O2/c1-9-8-12-14(5,16-12)11(13(9,3)4)7-6-10(2)15/h6-7,9-12,15H,8H2,1-5H3/b7-6+/t9-,10+,11+,12-,14+/m0/s1. The molecule has 1 aliphatic carbocycles. The molecular weight excluding hydrogens is 200 g/mol. The lowest BCUT2D eigenvalue weighted by molar-refractivity contribution is 0.0813. The second kappa shape index (κ2) is 3.58. The number of rotatable bonds is 2. The van der Waals surface area contributed by atoms with E-state index in [0.29, 0.717) is 17.9 Å². The molecule has 0 bridgehead atoms. The Hall–Kier alpha value is -0.340. The van der Waals surface area contributed by atoms with Crippen molar-refractivity contribution in [3.63, 3.8) is 0 Å². The molecule has 92 valence electrons. The summed E-state index contributed by atoms with van der Waals surface area (Å²) in [6.45, 7) is 11.0. The summed E-state index contributed by atoms with van der Waals surface area (Å²) in [5.74, 6) is 1.07. The number of epoxide rings is 1. The highest BCUT2D eigenvalue weighted by atomic mass is 16.6. The van der Waals surface area contributed by atoms with Gasteiger partial charge < -0.3 is 9.84 Å². The van der Waals surface area contributed by atoms with Crippen LogP contribution in [0.1, 0.15) is 41.0 Å². The highest BCUT2D eigenvalue weighted by Gasteiger charge is 2.65. The molecule has 0 aromatic rings. The van der Waals surface area contributed by atoms with Gasteiger partial charge in [-0.1, -0.05) is 32.9 Å². The van der Waals surface area contributed by atoms with E-state index in [0.717, 1.165) is 0 Å². The molecule has 1 heterocycles. The maximum Gasteiger partial charge on any atom is 0.0987 e. The van der Waals surface area contributed by atoms with E-state index in [2.05, 4.69) is 33.8 Å². The fourth-order valence-electron chi connectivity index (χ4n) is 3.21. The molecule has 2 fully saturated rings. The Balaban J connectivity index is 2.24. The molecular formula is C14H24O2. The number of hydrogen-bond donors (Lipinski definition) is 1. The molecule has 0 unspecified atom stereocenters. The van der Waals surface area contributed by atoms with Crippen molar-refractivity contribution < 1.29 is 9.84 Å². The monoisotopic (exact) mass is 224 g/mol. The minimum Gasteiger partial charge on any atom is -0.389 e. The topological polar surface area (TPSA) is 32.8 Å². The van der Waals surface area contributed by atoms with E-state index in [1.165, 1.54) is 6.42 Å². The summed E-state index contributed by atoms with van der Waals surface area (Å²) < 4.78 is 5.88. The minimum absolute atomic E-state index is 0.0153. The summed E-state index contributed by atoms with van der Waals surface area (Å²) in [5, 5.41) is 9.38. The van der Waals surface area contributed by atoms with E-state index in [1.807, 2.05) is 6.08 Å². The summed E-state index contributed by atoms with van der Waals surface area (Å²) in [6.07, 6.45) is 5.30. The summed E-state index contributed by atoms with van der Waals surface area (Å²) in [7, 11) is 0. The van der Waals surface area contributed by atoms with Crippen LogP contribution in [0.25, 0.3) is 0 Å². The Morgan fingerprint density at radius 2 is 2.00 bits per heavy atom. The molecule has 0 spiro atoms. The van der Waals surface area contributed by atoms with Gasteiger partial charge in [0, 0.05) is 5.92 Å². The smallest absolute Gasteiger partial charge is 0.0987 e. The Morgan fingerprint density at radius 1 is 1.38 bits per heavy atom. The average Bonchev–Trinajstić information content (AvgIpc) is 2.75. The molecule has 1 N–H and O–H groups in total. The minimum atomic E-state index is -0.367. The molecule has 1 saturated heterocycles. The summed E-state index contributed by atoms with van der Waals surface area (Å²) in [5.41, 5.74) is 0.258. The number of hydrogen-bond acceptors (Lipinski definition) is 2. The second-order valence-electron chi connectivity index (χ2n) is 6.35. The van der Waals surface area contributed by atoms with Crippen LogP contribution in [-0.2, 0) is 4.74 Å². The molecule has 0 amide bonds. The van der Waals surface area contributed by atoms with E-state index in [4.69, 9.17) is 4.74 Å². The van der Waals surface area contributed by atoms with Gasteiger partial charge in [0.25, 0.3) is 0 Å². The van der Waals surface area contributed by atoms with Gasteiger partial charge in [0.15, 0.2) is 0 Å². The quantitative estimate of drug-likeness (QED) is 0.578. The fraction of sp³-hybridized carbons (Fsp3) is 0.857. The van der Waals surface area contributed by atoms with Gasteiger partial charge in [-0.05, 0) is 31.6 Å². The van der Waals surface area contributed by atoms with E-state index >= 15 is 0 Å². The maximum absolute atomic E-state index is 9.38. The third-order valence-electron chi connectivity index (χ3n) is 4.82. The first kappa shape index (κ1) is 12.1. The van der Waals surface area contributed by atoms with E-state index in [-0.39, 0.29) is 17.1 Å². The van der Waals surface area contributed by atoms with E-state index < -0.39 is 0 Å². The zero-order valence-electron chi connectivity index (χ0n) is 11.0. The van der Waals surface area contributed by atoms with Crippen molar-refractivity contribution >= 4 is 0 Å². The van der Waals surface area contributed by atoms with Gasteiger partial charge in [-0.15, -0.1) is 0 Å². The van der Waals surface area contributed by atoms with Gasteiger partial charge in [0.05, 0.1) is 17.8 Å². The van der Waals surface area contributed by atoms with Crippen LogP contribution in [0.2, 0.25) is 0 Å². The molecule has 2 nitrogen and oxygen atoms in total. The zero-order valence-corrected chi connectivity index (χ0v) is 11.0. The number of fused-ring (bicyclic) bond motifs is 1. The molecule has 16 heavy (non-hydrogen) atoms. The molecule has 1 aliphatic heterocycles. The Bertz CT molecular complexity index is 306. The fourth-order valence-corrected chi connectivity index (χ4v) is 3.21. The van der Waals surface area contributed by atoms with Crippen LogP contribution in [-0.4, -0.2) is 22.9 Å². The van der Waals surface area contributed by atoms with Crippen LogP contribution in [0.3, 0.4) is 0 Å². The number of ether oxygens (including phenoxy) is 1. The SMILES string of the molecule is C[C@@H](O)/C=C/[C@@H]1C(C)(C)[C@@H](C)C[C@@H]2O[C@@]21C. The highest BCUT2D eigenvalue weighted by molar-refractivity contribution is 5.19. The van der Waals surface area contributed by atoms with E-state index in [9.17, 15) is 5.11 Å². The van der Waals surface area contributed by atoms with Crippen molar-refractivity contribution in [2.24, 2.45) is 17.3 Å². The molecule has 0 aromatic carbocycles. The van der Waals surface area contributed by atoms with Gasteiger partial charge in [-0.2, -0.15) is 0 Å². The summed E-state index contributed by atoms with van der Waals surface area (Å²) >= 11 is 0. The third-order valence-corrected chi connectivity index (χ3v) is 4.82. The first-order chi connectivity index (χ1) is 7.28. The van der Waals surface area contributed by atoms with Crippen LogP contribution in [0.5, 0.6) is 0 Å². The number of aliphatic hydroxyl groups excluding tert-OH is 1. The summed E-state index contributed by atoms with van der Waals surface area (Å²) in [4.78, 5) is 0. The van der Waals surface area contributed by atoms with Gasteiger partial charge in [0.1, 0.15) is 0 Å². The molecule has 2 rings (SSSR count). The molecule has 2 aliphatic rings. The maximum atomic E-state index is 9.38. The van der Waals surface area contributed by atoms with Crippen LogP contribution in [0.15, 0.2) is 12.2 Å². The third kappa shape index (κ3) is 1.72. The first-order valence-corrected chi connectivity index (χ1v) is 6.32. The van der Waals surface area contributed by atoms with Crippen LogP contribution in [0.4, 0.5) is 0 Å².